The molecule has 118 valence electrons. The summed E-state index contributed by atoms with van der Waals surface area (Å²) in [7, 11) is 0. The van der Waals surface area contributed by atoms with Gasteiger partial charge in [0.15, 0.2) is 6.23 Å². The molecule has 1 aliphatic heterocycles. The van der Waals surface area contributed by atoms with Gasteiger partial charge in [-0.15, -0.1) is 0 Å². The monoisotopic (exact) mass is 310 g/mol. The Kier molecular flexibility index (Phi) is 4.71. The average Bonchev–Trinajstić information content (AvgIpc) is 2.50. The molecule has 1 fully saturated rings. The third-order valence-electron chi connectivity index (χ3n) is 3.01. The zero-order valence-corrected chi connectivity index (χ0v) is 11.8. The van der Waals surface area contributed by atoms with Crippen molar-refractivity contribution >= 4 is 17.9 Å². The number of carbonyl (C=O) groups is 3. The van der Waals surface area contributed by atoms with Crippen molar-refractivity contribution < 1.29 is 28.2 Å². The Morgan fingerprint density at radius 2 is 2.00 bits per heavy atom. The van der Waals surface area contributed by atoms with Crippen LogP contribution >= 0.6 is 0 Å². The van der Waals surface area contributed by atoms with Crippen molar-refractivity contribution in [3.05, 3.63) is 35.9 Å². The highest BCUT2D eigenvalue weighted by atomic mass is 19.1. The van der Waals surface area contributed by atoms with E-state index < -0.39 is 29.8 Å². The predicted octanol–water partition coefficient (Wildman–Crippen LogP) is 0.640. The lowest BCUT2D eigenvalue weighted by molar-refractivity contribution is -0.180. The van der Waals surface area contributed by atoms with E-state index in [1.54, 1.807) is 35.6 Å². The minimum absolute atomic E-state index is 0.0931. The summed E-state index contributed by atoms with van der Waals surface area (Å²) in [6.45, 7) is 1.27. The van der Waals surface area contributed by atoms with Crippen LogP contribution in [0.25, 0.3) is 0 Å². The number of amides is 3. The molecule has 2 rings (SSSR count). The molecule has 2 atom stereocenters. The molecule has 0 saturated carbocycles. The highest BCUT2D eigenvalue weighted by molar-refractivity contribution is 6.14. The average molecular weight is 310 g/mol. The summed E-state index contributed by atoms with van der Waals surface area (Å²) in [5.41, 5.74) is -2.45. The predicted molar refractivity (Wildman–Crippen MR) is 72.2 cm³/mol. The van der Waals surface area contributed by atoms with Crippen molar-refractivity contribution in [1.82, 2.24) is 10.6 Å². The van der Waals surface area contributed by atoms with Crippen LogP contribution in [-0.4, -0.2) is 36.4 Å². The van der Waals surface area contributed by atoms with E-state index in [1.807, 2.05) is 0 Å². The van der Waals surface area contributed by atoms with Gasteiger partial charge in [-0.2, -0.15) is 0 Å². The van der Waals surface area contributed by atoms with E-state index in [4.69, 9.17) is 4.74 Å². The maximum absolute atomic E-state index is 14.9. The van der Waals surface area contributed by atoms with Gasteiger partial charge < -0.3 is 14.8 Å². The number of ether oxygens (including phenoxy) is 2. The molecule has 1 aromatic carbocycles. The second kappa shape index (κ2) is 6.52. The van der Waals surface area contributed by atoms with E-state index in [0.29, 0.717) is 5.56 Å². The number of nitrogens with one attached hydrogen (secondary N) is 2. The summed E-state index contributed by atoms with van der Waals surface area (Å²) < 4.78 is 24.7. The first-order chi connectivity index (χ1) is 10.5. The van der Waals surface area contributed by atoms with E-state index in [0.717, 1.165) is 0 Å². The van der Waals surface area contributed by atoms with Crippen LogP contribution in [0.2, 0.25) is 0 Å². The normalized spacial score (nSPS) is 24.4. The van der Waals surface area contributed by atoms with Gasteiger partial charge in [-0.05, 0) is 12.5 Å². The number of esters is 1. The first-order valence-electron chi connectivity index (χ1n) is 6.62. The third-order valence-corrected chi connectivity index (χ3v) is 3.01. The number of hydrogen-bond acceptors (Lipinski definition) is 5. The molecule has 0 aromatic heterocycles. The zero-order valence-electron chi connectivity index (χ0n) is 11.8. The van der Waals surface area contributed by atoms with Gasteiger partial charge in [0.1, 0.15) is 0 Å². The summed E-state index contributed by atoms with van der Waals surface area (Å²) in [6, 6.07) is 7.78. The number of benzene rings is 1. The van der Waals surface area contributed by atoms with Gasteiger partial charge in [0.2, 0.25) is 0 Å². The molecular formula is C14H15FN2O5. The third kappa shape index (κ3) is 3.06. The van der Waals surface area contributed by atoms with Crippen molar-refractivity contribution in [2.75, 3.05) is 6.61 Å². The van der Waals surface area contributed by atoms with Crippen LogP contribution in [-0.2, 0) is 25.7 Å². The molecule has 1 aliphatic rings. The molecule has 7 nitrogen and oxygen atoms in total. The minimum Gasteiger partial charge on any atom is -0.463 e. The molecule has 2 unspecified atom stereocenters. The summed E-state index contributed by atoms with van der Waals surface area (Å²) in [5, 5.41) is 3.77. The molecule has 8 heteroatoms. The van der Waals surface area contributed by atoms with E-state index in [2.05, 4.69) is 10.1 Å². The zero-order chi connectivity index (χ0) is 16.2. The maximum Gasteiger partial charge on any atom is 0.358 e. The second-order valence-electron chi connectivity index (χ2n) is 4.54. The molecule has 0 bridgehead atoms. The Balaban J connectivity index is 2.18. The number of rotatable bonds is 5. The topological polar surface area (TPSA) is 93.7 Å². The van der Waals surface area contributed by atoms with Crippen molar-refractivity contribution in [2.24, 2.45) is 0 Å². The first kappa shape index (κ1) is 15.9. The number of urea groups is 1. The Morgan fingerprint density at radius 1 is 1.32 bits per heavy atom. The largest absolute Gasteiger partial charge is 0.463 e. The van der Waals surface area contributed by atoms with Crippen LogP contribution in [0.3, 0.4) is 0 Å². The number of carbonyl (C=O) groups excluding carboxylic acids is 3. The number of hydrogen-bond donors (Lipinski definition) is 2. The van der Waals surface area contributed by atoms with Crippen molar-refractivity contribution in [1.29, 1.82) is 0 Å². The van der Waals surface area contributed by atoms with Crippen LogP contribution in [0.15, 0.2) is 30.3 Å². The molecule has 1 aromatic rings. The lowest BCUT2D eigenvalue weighted by Gasteiger charge is -2.34. The minimum atomic E-state index is -3.14. The first-order valence-corrected chi connectivity index (χ1v) is 6.62. The molecule has 1 heterocycles. The Morgan fingerprint density at radius 3 is 2.64 bits per heavy atom. The molecule has 22 heavy (non-hydrogen) atoms. The fraction of sp³-hybridized carbons (Fsp3) is 0.357. The molecule has 0 radical (unpaired) electrons. The molecule has 0 aliphatic carbocycles. The maximum atomic E-state index is 14.9. The van der Waals surface area contributed by atoms with Crippen molar-refractivity contribution in [3.63, 3.8) is 0 Å². The summed E-state index contributed by atoms with van der Waals surface area (Å²) >= 11 is 0. The molecular weight excluding hydrogens is 295 g/mol. The SMILES string of the molecule is CCOC(=O)C1(F)C(=O)NC(=O)NC1OCc1ccccc1. The second-order valence-corrected chi connectivity index (χ2v) is 4.54. The highest BCUT2D eigenvalue weighted by Gasteiger charge is 2.59. The van der Waals surface area contributed by atoms with Crippen LogP contribution in [0.4, 0.5) is 9.18 Å². The van der Waals surface area contributed by atoms with E-state index in [9.17, 15) is 18.8 Å². The molecule has 0 spiro atoms. The van der Waals surface area contributed by atoms with Crippen LogP contribution < -0.4 is 10.6 Å². The molecule has 1 saturated heterocycles. The van der Waals surface area contributed by atoms with Gasteiger partial charge in [0, 0.05) is 0 Å². The summed E-state index contributed by atoms with van der Waals surface area (Å²) in [4.78, 5) is 34.8. The standard InChI is InChI=1S/C14H15FN2O5/c1-2-21-12(19)14(15)10(18)16-13(20)17-11(14)22-8-9-6-4-3-5-7-9/h3-7,11H,2,8H2,1H3,(H2,16,17,18,20). The summed E-state index contributed by atoms with van der Waals surface area (Å²) in [6.07, 6.45) is -1.77. The van der Waals surface area contributed by atoms with Gasteiger partial charge >= 0.3 is 17.7 Å². The van der Waals surface area contributed by atoms with Crippen molar-refractivity contribution in [3.8, 4) is 0 Å². The van der Waals surface area contributed by atoms with Crippen LogP contribution in [0.1, 0.15) is 12.5 Å². The fourth-order valence-corrected chi connectivity index (χ4v) is 1.91. The van der Waals surface area contributed by atoms with E-state index in [1.165, 1.54) is 6.92 Å². The smallest absolute Gasteiger partial charge is 0.358 e. The quantitative estimate of drug-likeness (QED) is 0.615. The summed E-state index contributed by atoms with van der Waals surface area (Å²) in [5.74, 6) is -2.82. The molecule has 2 N–H and O–H groups in total. The van der Waals surface area contributed by atoms with Crippen molar-refractivity contribution in [2.45, 2.75) is 25.4 Å². The fourth-order valence-electron chi connectivity index (χ4n) is 1.91. The number of alkyl halides is 1. The Labute approximate surface area is 125 Å². The van der Waals surface area contributed by atoms with Crippen LogP contribution in [0, 0.1) is 0 Å². The Hall–Kier alpha value is -2.48. The van der Waals surface area contributed by atoms with Gasteiger partial charge in [-0.1, -0.05) is 30.3 Å². The number of imide groups is 1. The van der Waals surface area contributed by atoms with E-state index in [-0.39, 0.29) is 13.2 Å². The molecule has 3 amide bonds. The van der Waals surface area contributed by atoms with Gasteiger partial charge in [0.05, 0.1) is 13.2 Å². The lowest BCUT2D eigenvalue weighted by Crippen LogP contribution is -2.70. The van der Waals surface area contributed by atoms with Gasteiger partial charge in [-0.25, -0.2) is 14.0 Å². The van der Waals surface area contributed by atoms with E-state index >= 15 is 0 Å². The number of halogens is 1. The Bertz CT molecular complexity index is 580. The lowest BCUT2D eigenvalue weighted by atomic mass is 10.0. The van der Waals surface area contributed by atoms with Gasteiger partial charge in [0.25, 0.3) is 5.91 Å². The van der Waals surface area contributed by atoms with Gasteiger partial charge in [-0.3, -0.25) is 10.1 Å². The van der Waals surface area contributed by atoms with Crippen LogP contribution in [0.5, 0.6) is 0 Å². The highest BCUT2D eigenvalue weighted by Crippen LogP contribution is 2.24.